The first kappa shape index (κ1) is 22.4. The second-order valence-corrected chi connectivity index (χ2v) is 11.7. The van der Waals surface area contributed by atoms with Gasteiger partial charge in [0, 0.05) is 50.6 Å². The second-order valence-electron chi connectivity index (χ2n) is 11.7. The van der Waals surface area contributed by atoms with Gasteiger partial charge in [-0.25, -0.2) is 0 Å². The molecular formula is C27H33N3O6. The lowest BCUT2D eigenvalue weighted by Crippen LogP contribution is -2.75. The van der Waals surface area contributed by atoms with Crippen molar-refractivity contribution in [3.8, 4) is 11.5 Å². The monoisotopic (exact) mass is 495 g/mol. The Morgan fingerprint density at radius 1 is 1.19 bits per heavy atom. The molecule has 9 nitrogen and oxygen atoms in total. The van der Waals surface area contributed by atoms with Gasteiger partial charge in [0.15, 0.2) is 17.6 Å². The molecule has 4 N–H and O–H groups in total. The van der Waals surface area contributed by atoms with E-state index < -0.39 is 17.1 Å². The van der Waals surface area contributed by atoms with Gasteiger partial charge in [-0.1, -0.05) is 6.07 Å². The molecule has 1 saturated carbocycles. The van der Waals surface area contributed by atoms with Crippen molar-refractivity contribution in [1.29, 1.82) is 0 Å². The van der Waals surface area contributed by atoms with Crippen LogP contribution >= 0.6 is 0 Å². The molecule has 5 atom stereocenters. The van der Waals surface area contributed by atoms with E-state index in [9.17, 15) is 24.9 Å². The Morgan fingerprint density at radius 3 is 2.75 bits per heavy atom. The molecule has 3 fully saturated rings. The number of carbonyl (C=O) groups is 2. The zero-order chi connectivity index (χ0) is 25.0. The Hall–Kier alpha value is -2.78. The summed E-state index contributed by atoms with van der Waals surface area (Å²) in [6.45, 7) is 4.00. The van der Waals surface area contributed by atoms with E-state index in [-0.39, 0.29) is 47.4 Å². The number of likely N-dealkylation sites (tertiary alicyclic amines) is 2. The van der Waals surface area contributed by atoms with Gasteiger partial charge < -0.3 is 30.3 Å². The molecule has 1 aromatic rings. The summed E-state index contributed by atoms with van der Waals surface area (Å²) in [7, 11) is 0. The Balaban J connectivity index is 1.31. The fraction of sp³-hybridized carbons (Fsp3) is 0.630. The number of phenols is 1. The van der Waals surface area contributed by atoms with Gasteiger partial charge in [0.05, 0.1) is 16.6 Å². The zero-order valence-electron chi connectivity index (χ0n) is 20.5. The number of nitrogens with zero attached hydrogens (tertiary/aromatic N) is 2. The lowest BCUT2D eigenvalue weighted by Gasteiger charge is -2.62. The van der Waals surface area contributed by atoms with E-state index in [1.54, 1.807) is 11.0 Å². The molecule has 192 valence electrons. The fourth-order valence-corrected chi connectivity index (χ4v) is 7.90. The Bertz CT molecular complexity index is 1210. The summed E-state index contributed by atoms with van der Waals surface area (Å²) in [5.74, 6) is 0.396. The van der Waals surface area contributed by atoms with Crippen molar-refractivity contribution in [1.82, 2.24) is 15.1 Å². The number of aromatic hydroxyl groups is 1. The molecule has 2 amide bonds. The lowest BCUT2D eigenvalue weighted by atomic mass is 9.49. The summed E-state index contributed by atoms with van der Waals surface area (Å²) in [5.41, 5.74) is -0.180. The van der Waals surface area contributed by atoms with Crippen LogP contribution in [0.3, 0.4) is 0 Å². The molecule has 3 aliphatic heterocycles. The largest absolute Gasteiger partial charge is 0.508 e. The van der Waals surface area contributed by atoms with Crippen molar-refractivity contribution in [2.45, 2.75) is 74.7 Å². The molecule has 6 aliphatic rings. The average Bonchev–Trinajstić information content (AvgIpc) is 3.40. The fourth-order valence-electron chi connectivity index (χ4n) is 7.90. The van der Waals surface area contributed by atoms with E-state index in [0.717, 1.165) is 24.2 Å². The van der Waals surface area contributed by atoms with E-state index in [2.05, 4.69) is 10.2 Å². The molecule has 0 aromatic heterocycles. The van der Waals surface area contributed by atoms with Gasteiger partial charge in [0.2, 0.25) is 5.91 Å². The van der Waals surface area contributed by atoms with E-state index in [1.807, 2.05) is 6.07 Å². The first-order valence-corrected chi connectivity index (χ1v) is 13.2. The number of nitrogens with one attached hydrogen (secondary N) is 1. The van der Waals surface area contributed by atoms with Gasteiger partial charge in [-0.2, -0.15) is 0 Å². The summed E-state index contributed by atoms with van der Waals surface area (Å²) in [4.78, 5) is 29.3. The summed E-state index contributed by atoms with van der Waals surface area (Å²) in [6, 6.07) is 3.22. The Kier molecular flexibility index (Phi) is 4.60. The number of ether oxygens (including phenoxy) is 1. The number of amides is 2. The Labute approximate surface area is 209 Å². The summed E-state index contributed by atoms with van der Waals surface area (Å²) >= 11 is 0. The van der Waals surface area contributed by atoms with Crippen molar-refractivity contribution in [3.63, 3.8) is 0 Å². The molecule has 2 saturated heterocycles. The maximum Gasteiger partial charge on any atom is 0.253 e. The molecule has 1 aromatic carbocycles. The number of carbonyl (C=O) groups excluding carboxylic acids is 2. The minimum Gasteiger partial charge on any atom is -0.508 e. The highest BCUT2D eigenvalue weighted by Gasteiger charge is 2.73. The third kappa shape index (κ3) is 2.84. The van der Waals surface area contributed by atoms with Crippen molar-refractivity contribution in [3.05, 3.63) is 34.6 Å². The van der Waals surface area contributed by atoms with E-state index in [1.165, 1.54) is 19.8 Å². The number of hydrogen-bond acceptors (Lipinski definition) is 7. The minimum absolute atomic E-state index is 0.00268. The van der Waals surface area contributed by atoms with Crippen LogP contribution in [0.4, 0.5) is 0 Å². The third-order valence-corrected chi connectivity index (χ3v) is 9.66. The van der Waals surface area contributed by atoms with Gasteiger partial charge in [0.1, 0.15) is 5.76 Å². The van der Waals surface area contributed by atoms with E-state index in [0.29, 0.717) is 44.0 Å². The first-order chi connectivity index (χ1) is 17.2. The first-order valence-electron chi connectivity index (χ1n) is 13.2. The van der Waals surface area contributed by atoms with Crippen LogP contribution in [0, 0.1) is 5.92 Å². The van der Waals surface area contributed by atoms with Crippen LogP contribution in [-0.4, -0.2) is 86.9 Å². The maximum atomic E-state index is 13.7. The molecule has 9 heteroatoms. The van der Waals surface area contributed by atoms with Gasteiger partial charge in [-0.15, -0.1) is 0 Å². The average molecular weight is 496 g/mol. The normalized spacial score (nSPS) is 36.5. The molecule has 1 spiro atoms. The maximum absolute atomic E-state index is 13.7. The van der Waals surface area contributed by atoms with Crippen LogP contribution in [0.1, 0.15) is 50.2 Å². The number of phenolic OH excluding ortho intramolecular Hbond substituents is 1. The zero-order valence-corrected chi connectivity index (χ0v) is 20.5. The molecule has 3 aliphatic carbocycles. The standard InChI is InChI=1S/C27H33N3O6/c1-14(31)28-17-6-8-30(13-17)25(34)18-11-27(35)20-10-16-4-5-19(32)23-21(16)26(27,24(36-23)22(18)33)7-9-29(20)12-15-2-3-15/h4-5,15,17,20,24,32-33,35H,2-3,6-13H2,1H3,(H,28,31)/t17-,20+,24-,26-,27+/m0/s1. The predicted molar refractivity (Wildman–Crippen MR) is 129 cm³/mol. The predicted octanol–water partition coefficient (Wildman–Crippen LogP) is 1.12. The lowest BCUT2D eigenvalue weighted by molar-refractivity contribution is -0.173. The molecule has 3 heterocycles. The Morgan fingerprint density at radius 2 is 2.00 bits per heavy atom. The van der Waals surface area contributed by atoms with E-state index >= 15 is 0 Å². The summed E-state index contributed by atoms with van der Waals surface area (Å²) < 4.78 is 6.27. The number of rotatable bonds is 4. The number of hydrogen-bond donors (Lipinski definition) is 4. The van der Waals surface area contributed by atoms with Gasteiger partial charge >= 0.3 is 0 Å². The number of aliphatic hydroxyl groups is 2. The van der Waals surface area contributed by atoms with Crippen LogP contribution < -0.4 is 10.1 Å². The topological polar surface area (TPSA) is 123 Å². The molecule has 2 bridgehead atoms. The van der Waals surface area contributed by atoms with Gasteiger partial charge in [0.25, 0.3) is 5.91 Å². The van der Waals surface area contributed by atoms with Crippen LogP contribution in [0.2, 0.25) is 0 Å². The third-order valence-electron chi connectivity index (χ3n) is 9.66. The quantitative estimate of drug-likeness (QED) is 0.494. The smallest absolute Gasteiger partial charge is 0.253 e. The van der Waals surface area contributed by atoms with Crippen LogP contribution in [0.5, 0.6) is 11.5 Å². The van der Waals surface area contributed by atoms with Crippen molar-refractivity contribution in [2.24, 2.45) is 5.92 Å². The van der Waals surface area contributed by atoms with Crippen LogP contribution in [0.25, 0.3) is 0 Å². The number of benzene rings is 1. The summed E-state index contributed by atoms with van der Waals surface area (Å²) in [6.07, 6.45) is 3.38. The van der Waals surface area contributed by atoms with Crippen LogP contribution in [-0.2, 0) is 21.4 Å². The highest BCUT2D eigenvalue weighted by Crippen LogP contribution is 2.66. The molecule has 36 heavy (non-hydrogen) atoms. The summed E-state index contributed by atoms with van der Waals surface area (Å²) in [5, 5.41) is 37.8. The number of aliphatic hydroxyl groups excluding tert-OH is 1. The molecule has 0 unspecified atom stereocenters. The van der Waals surface area contributed by atoms with Crippen molar-refractivity contribution in [2.75, 3.05) is 26.2 Å². The van der Waals surface area contributed by atoms with Gasteiger partial charge in [-0.3, -0.25) is 14.5 Å². The minimum atomic E-state index is -1.31. The number of piperidine rings is 1. The molecular weight excluding hydrogens is 462 g/mol. The SMILES string of the molecule is CC(=O)N[C@H]1CCN(C(=O)C2=C(O)[C@@H]3Oc4c(O)ccc5c4[C@@]34CCN(CC3CC3)[C@H](C5)[C@]4(O)C2)C1. The highest BCUT2D eigenvalue weighted by atomic mass is 16.5. The van der Waals surface area contributed by atoms with Gasteiger partial charge in [-0.05, 0) is 56.2 Å². The van der Waals surface area contributed by atoms with Crippen LogP contribution in [0.15, 0.2) is 23.5 Å². The van der Waals surface area contributed by atoms with E-state index in [4.69, 9.17) is 4.74 Å². The molecule has 7 rings (SSSR count). The van der Waals surface area contributed by atoms with Crippen molar-refractivity contribution < 1.29 is 29.6 Å². The highest BCUT2D eigenvalue weighted by molar-refractivity contribution is 5.95. The molecule has 0 radical (unpaired) electrons. The van der Waals surface area contributed by atoms with Crippen molar-refractivity contribution >= 4 is 11.8 Å². The second kappa shape index (κ2) is 7.38.